The molecule has 0 bridgehead atoms. The summed E-state index contributed by atoms with van der Waals surface area (Å²) < 4.78 is 0. The van der Waals surface area contributed by atoms with E-state index in [0.29, 0.717) is 0 Å². The highest BCUT2D eigenvalue weighted by molar-refractivity contribution is 5.02. The zero-order valence-electron chi connectivity index (χ0n) is 7.07. The van der Waals surface area contributed by atoms with Crippen LogP contribution in [0.15, 0.2) is 11.6 Å². The van der Waals surface area contributed by atoms with Gasteiger partial charge in [-0.1, -0.05) is 32.4 Å². The van der Waals surface area contributed by atoms with Crippen molar-refractivity contribution in [1.82, 2.24) is 0 Å². The summed E-state index contributed by atoms with van der Waals surface area (Å²) in [5.41, 5.74) is 1.59. The van der Waals surface area contributed by atoms with Gasteiger partial charge in [0, 0.05) is 0 Å². The van der Waals surface area contributed by atoms with Crippen molar-refractivity contribution in [1.29, 1.82) is 0 Å². The Balaban J connectivity index is 3.80. The van der Waals surface area contributed by atoms with Crippen molar-refractivity contribution >= 4 is 0 Å². The highest BCUT2D eigenvalue weighted by atomic mass is 14.1. The van der Waals surface area contributed by atoms with Crippen molar-refractivity contribution < 1.29 is 0 Å². The van der Waals surface area contributed by atoms with Crippen LogP contribution in [0.4, 0.5) is 0 Å². The Morgan fingerprint density at radius 1 is 1.44 bits per heavy atom. The molecular weight excluding hydrogens is 108 g/mol. The van der Waals surface area contributed by atoms with E-state index in [9.17, 15) is 0 Å². The molecule has 0 aliphatic carbocycles. The predicted molar refractivity (Wildman–Crippen MR) is 43.5 cm³/mol. The smallest absolute Gasteiger partial charge is 0.0235 e. The zero-order chi connectivity index (χ0) is 7.28. The van der Waals surface area contributed by atoms with Gasteiger partial charge in [0.25, 0.3) is 0 Å². The van der Waals surface area contributed by atoms with Gasteiger partial charge < -0.3 is 0 Å². The second kappa shape index (κ2) is 4.60. The third-order valence-corrected chi connectivity index (χ3v) is 2.02. The van der Waals surface area contributed by atoms with Gasteiger partial charge in [-0.2, -0.15) is 0 Å². The van der Waals surface area contributed by atoms with Crippen molar-refractivity contribution in [3.63, 3.8) is 0 Å². The molecule has 0 heteroatoms. The summed E-state index contributed by atoms with van der Waals surface area (Å²) in [5.74, 6) is 0.792. The number of hydrogen-bond donors (Lipinski definition) is 0. The fourth-order valence-corrected chi connectivity index (χ4v) is 1.10. The lowest BCUT2D eigenvalue weighted by molar-refractivity contribution is 0.632. The fourth-order valence-electron chi connectivity index (χ4n) is 1.10. The standard InChI is InChI=1S/C9H18/c1-5-8(4)9(6-2)7-3/h6,8H,5,7H2,1-4H3/b9-6-. The molecule has 9 heavy (non-hydrogen) atoms. The molecule has 0 aliphatic heterocycles. The molecule has 54 valence electrons. The van der Waals surface area contributed by atoms with Gasteiger partial charge >= 0.3 is 0 Å². The van der Waals surface area contributed by atoms with Crippen LogP contribution in [-0.2, 0) is 0 Å². The molecule has 0 nitrogen and oxygen atoms in total. The van der Waals surface area contributed by atoms with E-state index in [1.807, 2.05) is 0 Å². The van der Waals surface area contributed by atoms with Crippen LogP contribution >= 0.6 is 0 Å². The molecule has 0 fully saturated rings. The Hall–Kier alpha value is -0.260. The minimum absolute atomic E-state index is 0.792. The maximum absolute atomic E-state index is 2.29. The molecule has 0 rings (SSSR count). The van der Waals surface area contributed by atoms with Crippen molar-refractivity contribution in [3.8, 4) is 0 Å². The molecule has 0 saturated heterocycles. The van der Waals surface area contributed by atoms with Gasteiger partial charge in [0.05, 0.1) is 0 Å². The highest BCUT2D eigenvalue weighted by Crippen LogP contribution is 2.16. The number of rotatable bonds is 3. The van der Waals surface area contributed by atoms with Crippen LogP contribution in [0.2, 0.25) is 0 Å². The molecule has 0 amide bonds. The topological polar surface area (TPSA) is 0 Å². The number of allylic oxidation sites excluding steroid dienone is 2. The first-order valence-corrected chi connectivity index (χ1v) is 3.91. The van der Waals surface area contributed by atoms with Gasteiger partial charge in [-0.25, -0.2) is 0 Å². The zero-order valence-corrected chi connectivity index (χ0v) is 7.07. The summed E-state index contributed by atoms with van der Waals surface area (Å²) in [6.07, 6.45) is 4.73. The molecule has 0 aromatic carbocycles. The van der Waals surface area contributed by atoms with Gasteiger partial charge in [-0.3, -0.25) is 0 Å². The Kier molecular flexibility index (Phi) is 4.47. The van der Waals surface area contributed by atoms with E-state index in [1.54, 1.807) is 5.57 Å². The Morgan fingerprint density at radius 3 is 2.11 bits per heavy atom. The summed E-state index contributed by atoms with van der Waals surface area (Å²) >= 11 is 0. The third-order valence-electron chi connectivity index (χ3n) is 2.02. The van der Waals surface area contributed by atoms with Crippen molar-refractivity contribution in [3.05, 3.63) is 11.6 Å². The average Bonchev–Trinajstić information content (AvgIpc) is 1.90. The normalized spacial score (nSPS) is 15.8. The van der Waals surface area contributed by atoms with Gasteiger partial charge in [0.2, 0.25) is 0 Å². The average molecular weight is 126 g/mol. The van der Waals surface area contributed by atoms with Gasteiger partial charge in [0.1, 0.15) is 0 Å². The summed E-state index contributed by atoms with van der Waals surface area (Å²) in [7, 11) is 0. The van der Waals surface area contributed by atoms with Crippen LogP contribution in [0.3, 0.4) is 0 Å². The van der Waals surface area contributed by atoms with E-state index in [-0.39, 0.29) is 0 Å². The summed E-state index contributed by atoms with van der Waals surface area (Å²) in [5, 5.41) is 0. The molecular formula is C9H18. The molecule has 0 aromatic rings. The lowest BCUT2D eigenvalue weighted by atomic mass is 9.96. The van der Waals surface area contributed by atoms with Crippen LogP contribution < -0.4 is 0 Å². The van der Waals surface area contributed by atoms with Crippen LogP contribution in [0.25, 0.3) is 0 Å². The Morgan fingerprint density at radius 2 is 2.00 bits per heavy atom. The minimum atomic E-state index is 0.792. The highest BCUT2D eigenvalue weighted by Gasteiger charge is 2.00. The molecule has 1 unspecified atom stereocenters. The van der Waals surface area contributed by atoms with Crippen molar-refractivity contribution in [2.24, 2.45) is 5.92 Å². The minimum Gasteiger partial charge on any atom is -0.0882 e. The van der Waals surface area contributed by atoms with Crippen molar-refractivity contribution in [2.45, 2.75) is 40.5 Å². The third kappa shape index (κ3) is 2.69. The number of hydrogen-bond acceptors (Lipinski definition) is 0. The van der Waals surface area contributed by atoms with Gasteiger partial charge in [-0.05, 0) is 25.7 Å². The first-order chi connectivity index (χ1) is 4.26. The summed E-state index contributed by atoms with van der Waals surface area (Å²) in [4.78, 5) is 0. The van der Waals surface area contributed by atoms with Crippen LogP contribution in [-0.4, -0.2) is 0 Å². The van der Waals surface area contributed by atoms with E-state index in [4.69, 9.17) is 0 Å². The summed E-state index contributed by atoms with van der Waals surface area (Å²) in [6, 6.07) is 0. The lowest BCUT2D eigenvalue weighted by Gasteiger charge is -2.10. The first-order valence-electron chi connectivity index (χ1n) is 3.91. The van der Waals surface area contributed by atoms with E-state index in [2.05, 4.69) is 33.8 Å². The molecule has 0 heterocycles. The molecule has 0 aliphatic rings. The predicted octanol–water partition coefficient (Wildman–Crippen LogP) is 3.39. The SMILES string of the molecule is C/C=C(/CC)C(C)CC. The van der Waals surface area contributed by atoms with E-state index >= 15 is 0 Å². The van der Waals surface area contributed by atoms with Crippen LogP contribution in [0, 0.1) is 5.92 Å². The second-order valence-corrected chi connectivity index (χ2v) is 2.53. The Bertz CT molecular complexity index is 90.2. The maximum atomic E-state index is 2.29. The molecule has 0 saturated carbocycles. The van der Waals surface area contributed by atoms with E-state index in [0.717, 1.165) is 5.92 Å². The first kappa shape index (κ1) is 8.74. The largest absolute Gasteiger partial charge is 0.0882 e. The summed E-state index contributed by atoms with van der Waals surface area (Å²) in [6.45, 7) is 8.88. The van der Waals surface area contributed by atoms with Gasteiger partial charge in [-0.15, -0.1) is 0 Å². The van der Waals surface area contributed by atoms with Crippen LogP contribution in [0.1, 0.15) is 40.5 Å². The van der Waals surface area contributed by atoms with E-state index in [1.165, 1.54) is 12.8 Å². The quantitative estimate of drug-likeness (QED) is 0.508. The van der Waals surface area contributed by atoms with Gasteiger partial charge in [0.15, 0.2) is 0 Å². The lowest BCUT2D eigenvalue weighted by Crippen LogP contribution is -1.95. The molecule has 0 radical (unpaired) electrons. The van der Waals surface area contributed by atoms with Crippen molar-refractivity contribution in [2.75, 3.05) is 0 Å². The maximum Gasteiger partial charge on any atom is -0.0235 e. The van der Waals surface area contributed by atoms with Crippen LogP contribution in [0.5, 0.6) is 0 Å². The fraction of sp³-hybridized carbons (Fsp3) is 0.778. The monoisotopic (exact) mass is 126 g/mol. The molecule has 0 spiro atoms. The molecule has 1 atom stereocenters. The van der Waals surface area contributed by atoms with E-state index < -0.39 is 0 Å². The molecule has 0 N–H and O–H groups in total. The second-order valence-electron chi connectivity index (χ2n) is 2.53. The Labute approximate surface area is 59.0 Å². The molecule has 0 aromatic heterocycles.